The molecular formula is C19H20N4OS2. The molecule has 0 unspecified atom stereocenters. The molecule has 0 radical (unpaired) electrons. The Balaban J connectivity index is 1.46. The summed E-state index contributed by atoms with van der Waals surface area (Å²) in [6.07, 6.45) is 0.946. The molecule has 0 fully saturated rings. The van der Waals surface area contributed by atoms with Crippen LogP contribution in [0.2, 0.25) is 0 Å². The van der Waals surface area contributed by atoms with Gasteiger partial charge in [-0.3, -0.25) is 4.79 Å². The number of carbonyl (C=O) groups is 1. The Morgan fingerprint density at radius 3 is 2.69 bits per heavy atom. The first-order valence-electron chi connectivity index (χ1n) is 8.36. The number of nitrogens with one attached hydrogen (secondary N) is 2. The molecule has 134 valence electrons. The third-order valence-corrected chi connectivity index (χ3v) is 5.65. The van der Waals surface area contributed by atoms with Crippen molar-refractivity contribution < 1.29 is 4.79 Å². The molecule has 5 nitrogen and oxygen atoms in total. The normalized spacial score (nSPS) is 10.5. The summed E-state index contributed by atoms with van der Waals surface area (Å²) in [4.78, 5) is 12.1. The van der Waals surface area contributed by atoms with Gasteiger partial charge < -0.3 is 10.6 Å². The number of hydrogen-bond donors (Lipinski definition) is 2. The zero-order valence-electron chi connectivity index (χ0n) is 14.4. The molecule has 1 heterocycles. The van der Waals surface area contributed by atoms with Crippen LogP contribution in [0.1, 0.15) is 18.1 Å². The minimum atomic E-state index is -0.0442. The van der Waals surface area contributed by atoms with Gasteiger partial charge in [0.2, 0.25) is 11.0 Å². The van der Waals surface area contributed by atoms with E-state index in [0.29, 0.717) is 12.3 Å². The van der Waals surface area contributed by atoms with Crippen LogP contribution in [0.15, 0.2) is 58.9 Å². The third kappa shape index (κ3) is 5.57. The van der Waals surface area contributed by atoms with Crippen molar-refractivity contribution in [1.29, 1.82) is 0 Å². The van der Waals surface area contributed by atoms with Crippen LogP contribution in [-0.4, -0.2) is 21.9 Å². The smallest absolute Gasteiger partial charge is 0.234 e. The number of thioether (sulfide) groups is 1. The molecule has 2 aromatic carbocycles. The average molecular weight is 385 g/mol. The highest BCUT2D eigenvalue weighted by Gasteiger charge is 2.09. The van der Waals surface area contributed by atoms with E-state index in [-0.39, 0.29) is 5.91 Å². The summed E-state index contributed by atoms with van der Waals surface area (Å²) in [6.45, 7) is 2.80. The van der Waals surface area contributed by atoms with Crippen molar-refractivity contribution in [3.8, 4) is 0 Å². The van der Waals surface area contributed by atoms with Crippen molar-refractivity contribution in [2.45, 2.75) is 24.2 Å². The van der Waals surface area contributed by atoms with Crippen LogP contribution in [0, 0.1) is 0 Å². The van der Waals surface area contributed by atoms with E-state index < -0.39 is 0 Å². The summed E-state index contributed by atoms with van der Waals surface area (Å²) < 4.78 is 0.776. The van der Waals surface area contributed by atoms with E-state index in [4.69, 9.17) is 0 Å². The minimum Gasteiger partial charge on any atom is -0.356 e. The largest absolute Gasteiger partial charge is 0.356 e. The summed E-state index contributed by atoms with van der Waals surface area (Å²) in [5.41, 5.74) is 3.22. The molecule has 0 aliphatic carbocycles. The highest BCUT2D eigenvalue weighted by molar-refractivity contribution is 8.01. The maximum atomic E-state index is 12.1. The van der Waals surface area contributed by atoms with Crippen LogP contribution in [0.25, 0.3) is 0 Å². The van der Waals surface area contributed by atoms with E-state index in [1.165, 1.54) is 34.2 Å². The third-order valence-electron chi connectivity index (χ3n) is 3.64. The van der Waals surface area contributed by atoms with Crippen molar-refractivity contribution in [3.05, 3.63) is 65.7 Å². The minimum absolute atomic E-state index is 0.0442. The van der Waals surface area contributed by atoms with Gasteiger partial charge in [0.15, 0.2) is 4.34 Å². The first-order valence-corrected chi connectivity index (χ1v) is 10.2. The quantitative estimate of drug-likeness (QED) is 0.562. The fourth-order valence-corrected chi connectivity index (χ4v) is 3.85. The van der Waals surface area contributed by atoms with Gasteiger partial charge in [-0.1, -0.05) is 72.5 Å². The van der Waals surface area contributed by atoms with Crippen LogP contribution < -0.4 is 10.6 Å². The van der Waals surface area contributed by atoms with E-state index in [1.807, 2.05) is 36.4 Å². The lowest BCUT2D eigenvalue weighted by molar-refractivity contribution is -0.113. The fraction of sp³-hybridized carbons (Fsp3) is 0.211. The number of hydrogen-bond acceptors (Lipinski definition) is 6. The van der Waals surface area contributed by atoms with Gasteiger partial charge in [0, 0.05) is 12.2 Å². The molecule has 0 spiro atoms. The predicted octanol–water partition coefficient (Wildman–Crippen LogP) is 4.44. The van der Waals surface area contributed by atoms with Crippen molar-refractivity contribution in [2.24, 2.45) is 0 Å². The molecule has 0 aliphatic heterocycles. The lowest BCUT2D eigenvalue weighted by Crippen LogP contribution is -2.14. The number of rotatable bonds is 8. The highest BCUT2D eigenvalue weighted by atomic mass is 32.2. The molecule has 26 heavy (non-hydrogen) atoms. The van der Waals surface area contributed by atoms with Crippen LogP contribution in [-0.2, 0) is 17.8 Å². The molecular weight excluding hydrogens is 364 g/mol. The van der Waals surface area contributed by atoms with E-state index in [9.17, 15) is 4.79 Å². The summed E-state index contributed by atoms with van der Waals surface area (Å²) in [6, 6.07) is 18.0. The molecule has 3 rings (SSSR count). The second-order valence-corrected chi connectivity index (χ2v) is 7.80. The topological polar surface area (TPSA) is 66.9 Å². The Kier molecular flexibility index (Phi) is 6.62. The number of benzene rings is 2. The van der Waals surface area contributed by atoms with Gasteiger partial charge in [0.25, 0.3) is 0 Å². The van der Waals surface area contributed by atoms with E-state index in [0.717, 1.165) is 21.6 Å². The zero-order chi connectivity index (χ0) is 18.2. The Hall–Kier alpha value is -2.38. The maximum absolute atomic E-state index is 12.1. The number of amides is 1. The summed E-state index contributed by atoms with van der Waals surface area (Å²) >= 11 is 2.85. The molecule has 0 saturated heterocycles. The van der Waals surface area contributed by atoms with Crippen molar-refractivity contribution in [3.63, 3.8) is 0 Å². The Bertz CT molecular complexity index is 852. The SMILES string of the molecule is CCc1cccc(NC(=O)CSc2nnc(NCc3ccccc3)s2)c1. The molecule has 1 aromatic heterocycles. The monoisotopic (exact) mass is 384 g/mol. The average Bonchev–Trinajstić information content (AvgIpc) is 3.14. The van der Waals surface area contributed by atoms with Gasteiger partial charge in [-0.15, -0.1) is 10.2 Å². The number of anilines is 2. The van der Waals surface area contributed by atoms with Gasteiger partial charge in [0.05, 0.1) is 5.75 Å². The van der Waals surface area contributed by atoms with Crippen LogP contribution >= 0.6 is 23.1 Å². The molecule has 7 heteroatoms. The van der Waals surface area contributed by atoms with Gasteiger partial charge >= 0.3 is 0 Å². The molecule has 0 bridgehead atoms. The number of aromatic nitrogens is 2. The van der Waals surface area contributed by atoms with Gasteiger partial charge in [-0.25, -0.2) is 0 Å². The summed E-state index contributed by atoms with van der Waals surface area (Å²) in [5.74, 6) is 0.265. The molecule has 0 atom stereocenters. The predicted molar refractivity (Wildman–Crippen MR) is 109 cm³/mol. The highest BCUT2D eigenvalue weighted by Crippen LogP contribution is 2.26. The first-order chi connectivity index (χ1) is 12.7. The van der Waals surface area contributed by atoms with Gasteiger partial charge in [-0.2, -0.15) is 0 Å². The zero-order valence-corrected chi connectivity index (χ0v) is 16.1. The van der Waals surface area contributed by atoms with Crippen molar-refractivity contribution in [2.75, 3.05) is 16.4 Å². The van der Waals surface area contributed by atoms with E-state index in [2.05, 4.69) is 46.0 Å². The van der Waals surface area contributed by atoms with Crippen molar-refractivity contribution in [1.82, 2.24) is 10.2 Å². The van der Waals surface area contributed by atoms with E-state index in [1.54, 1.807) is 0 Å². The fourth-order valence-electron chi connectivity index (χ4n) is 2.31. The Morgan fingerprint density at radius 1 is 1.08 bits per heavy atom. The van der Waals surface area contributed by atoms with Crippen molar-refractivity contribution >= 4 is 39.8 Å². The van der Waals surface area contributed by atoms with Crippen LogP contribution in [0.3, 0.4) is 0 Å². The Morgan fingerprint density at radius 2 is 1.88 bits per heavy atom. The lowest BCUT2D eigenvalue weighted by atomic mass is 10.1. The second-order valence-electron chi connectivity index (χ2n) is 5.60. The van der Waals surface area contributed by atoms with Crippen LogP contribution in [0.5, 0.6) is 0 Å². The molecule has 0 aliphatic rings. The number of aryl methyl sites for hydroxylation is 1. The molecule has 2 N–H and O–H groups in total. The molecule has 1 amide bonds. The van der Waals surface area contributed by atoms with Gasteiger partial charge in [-0.05, 0) is 29.7 Å². The van der Waals surface area contributed by atoms with Gasteiger partial charge in [0.1, 0.15) is 0 Å². The first kappa shape index (κ1) is 18.4. The molecule has 3 aromatic rings. The Labute approximate surface area is 161 Å². The maximum Gasteiger partial charge on any atom is 0.234 e. The standard InChI is InChI=1S/C19H20N4OS2/c1-2-14-9-6-10-16(11-14)21-17(24)13-25-19-23-22-18(26-19)20-12-15-7-4-3-5-8-15/h3-11H,2,12-13H2,1H3,(H,20,22)(H,21,24). The number of carbonyl (C=O) groups excluding carboxylic acids is 1. The molecule has 0 saturated carbocycles. The summed E-state index contributed by atoms with van der Waals surface area (Å²) in [5, 5.41) is 15.2. The second kappa shape index (κ2) is 9.35. The number of nitrogens with zero attached hydrogens (tertiary/aromatic N) is 2. The summed E-state index contributed by atoms with van der Waals surface area (Å²) in [7, 11) is 0. The van der Waals surface area contributed by atoms with Crippen LogP contribution in [0.4, 0.5) is 10.8 Å². The lowest BCUT2D eigenvalue weighted by Gasteiger charge is -2.05. The van der Waals surface area contributed by atoms with E-state index >= 15 is 0 Å².